The van der Waals surface area contributed by atoms with Gasteiger partial charge in [0.2, 0.25) is 0 Å². The molecule has 5 heterocycles. The standard InChI is InChI=1S/C7H8.C5H6N2.4C4H5N3.6C2H6/c1-7-5-3-2-4-6-7;1-5-2-3-6-7-4-5;1-4-6-2-5-3-7-4;1-4-2-6-7-3-5-4;1-4-2-5-3-6-7-4;1-4-5-2-3-6-7-4;6*1-2/h2-6H,1H3;2-4H,1H3;4*2-3H,1H3;6*1-2H3. The van der Waals surface area contributed by atoms with Crippen molar-refractivity contribution in [2.45, 2.75) is 125 Å². The third-order valence-electron chi connectivity index (χ3n) is 4.11. The molecule has 5 aromatic heterocycles. The van der Waals surface area contributed by atoms with Crippen LogP contribution in [0.3, 0.4) is 0 Å². The van der Waals surface area contributed by atoms with Crippen LogP contribution in [0, 0.1) is 41.5 Å². The Morgan fingerprint density at radius 3 is 1.13 bits per heavy atom. The van der Waals surface area contributed by atoms with E-state index in [1.54, 1.807) is 44.1 Å². The van der Waals surface area contributed by atoms with Crippen molar-refractivity contribution in [3.63, 3.8) is 0 Å². The fourth-order valence-corrected chi connectivity index (χ4v) is 2.11. The van der Waals surface area contributed by atoms with Crippen LogP contribution < -0.4 is 0 Å². The molecule has 0 aliphatic rings. The summed E-state index contributed by atoms with van der Waals surface area (Å²) in [5, 5.41) is 28.7. The molecule has 0 saturated heterocycles. The van der Waals surface area contributed by atoms with Crippen LogP contribution in [0.2, 0.25) is 0 Å². The molecule has 14 heteroatoms. The highest BCUT2D eigenvalue weighted by molar-refractivity contribution is 5.11. The first-order valence-corrected chi connectivity index (χ1v) is 18.5. The Hall–Kier alpha value is -5.66. The average molecular weight is 747 g/mol. The monoisotopic (exact) mass is 747 g/mol. The van der Waals surface area contributed by atoms with Crippen LogP contribution >= 0.6 is 0 Å². The molecule has 14 nitrogen and oxygen atoms in total. The van der Waals surface area contributed by atoms with Gasteiger partial charge in [-0.3, -0.25) is 0 Å². The first kappa shape index (κ1) is 60.4. The molecule has 0 radical (unpaired) electrons. The Bertz CT molecular complexity index is 1120. The molecule has 0 aliphatic carbocycles. The Morgan fingerprint density at radius 2 is 0.907 bits per heavy atom. The topological polar surface area (TPSA) is 180 Å². The molecule has 0 aliphatic heterocycles. The van der Waals surface area contributed by atoms with Crippen LogP contribution in [-0.4, -0.2) is 70.7 Å². The molecule has 0 fully saturated rings. The van der Waals surface area contributed by atoms with E-state index in [0.29, 0.717) is 5.82 Å². The fraction of sp³-hybridized carbons (Fsp3) is 0.450. The largest absolute Gasteiger partial charge is 0.241 e. The van der Waals surface area contributed by atoms with Gasteiger partial charge in [0, 0.05) is 12.4 Å². The van der Waals surface area contributed by atoms with Crippen molar-refractivity contribution in [1.29, 1.82) is 0 Å². The summed E-state index contributed by atoms with van der Waals surface area (Å²) in [6.07, 6.45) is 15.6. The molecule has 300 valence electrons. The van der Waals surface area contributed by atoms with E-state index in [4.69, 9.17) is 0 Å². The first-order valence-electron chi connectivity index (χ1n) is 18.5. The number of hydrogen-bond donors (Lipinski definition) is 0. The van der Waals surface area contributed by atoms with Crippen molar-refractivity contribution in [3.05, 3.63) is 133 Å². The molecule has 0 N–H and O–H groups in total. The summed E-state index contributed by atoms with van der Waals surface area (Å²) < 4.78 is 0. The molecule has 0 spiro atoms. The van der Waals surface area contributed by atoms with Crippen molar-refractivity contribution in [1.82, 2.24) is 70.7 Å². The Morgan fingerprint density at radius 1 is 0.333 bits per heavy atom. The van der Waals surface area contributed by atoms with E-state index >= 15 is 0 Å². The van der Waals surface area contributed by atoms with Gasteiger partial charge < -0.3 is 0 Å². The minimum atomic E-state index is 0.711. The molecule has 0 bridgehead atoms. The number of benzene rings is 1. The van der Waals surface area contributed by atoms with E-state index in [0.717, 1.165) is 22.8 Å². The van der Waals surface area contributed by atoms with Gasteiger partial charge in [-0.1, -0.05) is 119 Å². The highest BCUT2D eigenvalue weighted by atomic mass is 15.1. The summed E-state index contributed by atoms with van der Waals surface area (Å²) in [6, 6.07) is 12.2. The van der Waals surface area contributed by atoms with Crippen molar-refractivity contribution in [2.24, 2.45) is 0 Å². The van der Waals surface area contributed by atoms with E-state index in [-0.39, 0.29) is 0 Å². The van der Waals surface area contributed by atoms with E-state index in [1.807, 2.05) is 135 Å². The highest BCUT2D eigenvalue weighted by Gasteiger charge is 1.78. The maximum Gasteiger partial charge on any atom is 0.147 e. The minimum absolute atomic E-state index is 0.711. The summed E-state index contributed by atoms with van der Waals surface area (Å²) in [4.78, 5) is 22.5. The zero-order chi connectivity index (χ0) is 42.7. The lowest BCUT2D eigenvalue weighted by Gasteiger charge is -1.82. The maximum atomic E-state index is 3.81. The van der Waals surface area contributed by atoms with Crippen LogP contribution in [0.25, 0.3) is 0 Å². The first-order chi connectivity index (χ1) is 26.4. The molecular formula is C40H70N14. The smallest absolute Gasteiger partial charge is 0.147 e. The van der Waals surface area contributed by atoms with Crippen molar-refractivity contribution in [3.8, 4) is 0 Å². The quantitative estimate of drug-likeness (QED) is 0.143. The van der Waals surface area contributed by atoms with Gasteiger partial charge in [-0.2, -0.15) is 25.5 Å². The second-order valence-electron chi connectivity index (χ2n) is 7.95. The van der Waals surface area contributed by atoms with Crippen molar-refractivity contribution in [2.75, 3.05) is 0 Å². The van der Waals surface area contributed by atoms with E-state index in [1.165, 1.54) is 30.9 Å². The average Bonchev–Trinajstić information content (AvgIpc) is 3.25. The third kappa shape index (κ3) is 53.1. The zero-order valence-corrected chi connectivity index (χ0v) is 36.5. The molecule has 0 atom stereocenters. The Labute approximate surface area is 327 Å². The van der Waals surface area contributed by atoms with Crippen molar-refractivity contribution >= 4 is 0 Å². The summed E-state index contributed by atoms with van der Waals surface area (Å²) in [5.74, 6) is 1.47. The van der Waals surface area contributed by atoms with Gasteiger partial charge in [0.1, 0.15) is 37.0 Å². The highest BCUT2D eigenvalue weighted by Crippen LogP contribution is 1.92. The number of aryl methyl sites for hydroxylation is 6. The molecular weight excluding hydrogens is 677 g/mol. The third-order valence-corrected chi connectivity index (χ3v) is 4.11. The van der Waals surface area contributed by atoms with Gasteiger partial charge in [-0.25, -0.2) is 29.9 Å². The Kier molecular flexibility index (Phi) is 63.5. The van der Waals surface area contributed by atoms with Crippen LogP contribution in [0.4, 0.5) is 0 Å². The number of nitrogens with zero attached hydrogens (tertiary/aromatic N) is 14. The maximum absolute atomic E-state index is 3.81. The van der Waals surface area contributed by atoms with E-state index in [9.17, 15) is 0 Å². The predicted molar refractivity (Wildman–Crippen MR) is 224 cm³/mol. The summed E-state index contributed by atoms with van der Waals surface area (Å²) >= 11 is 0. The van der Waals surface area contributed by atoms with E-state index < -0.39 is 0 Å². The predicted octanol–water partition coefficient (Wildman–Crippen LogP) is 9.66. The van der Waals surface area contributed by atoms with Gasteiger partial charge in [0.15, 0.2) is 0 Å². The number of rotatable bonds is 0. The van der Waals surface area contributed by atoms with Gasteiger partial charge in [0.25, 0.3) is 0 Å². The normalized spacial score (nSPS) is 7.44. The van der Waals surface area contributed by atoms with Crippen LogP contribution in [0.5, 0.6) is 0 Å². The lowest BCUT2D eigenvalue weighted by molar-refractivity contribution is 0.907. The van der Waals surface area contributed by atoms with Gasteiger partial charge in [-0.05, 0) is 53.2 Å². The molecule has 1 aromatic carbocycles. The van der Waals surface area contributed by atoms with Gasteiger partial charge >= 0.3 is 0 Å². The summed E-state index contributed by atoms with van der Waals surface area (Å²) in [6.45, 7) is 35.4. The summed E-state index contributed by atoms with van der Waals surface area (Å²) in [5.41, 5.74) is 4.22. The van der Waals surface area contributed by atoms with Crippen LogP contribution in [0.1, 0.15) is 117 Å². The SMILES string of the molecule is CC.CC.CC.CC.CC.CC.Cc1ccccc1.Cc1ccnnc1.Cc1cncnn1.Cc1cnncn1.Cc1nccnn1.Cc1ncncn1. The second kappa shape index (κ2) is 56.7. The molecule has 6 aromatic rings. The number of hydrogen-bond acceptors (Lipinski definition) is 14. The molecule has 6 rings (SSSR count). The molecule has 0 saturated carbocycles. The van der Waals surface area contributed by atoms with Gasteiger partial charge in [0.05, 0.1) is 36.2 Å². The molecule has 0 unspecified atom stereocenters. The summed E-state index contributed by atoms with van der Waals surface area (Å²) in [7, 11) is 0. The number of aromatic nitrogens is 14. The van der Waals surface area contributed by atoms with Crippen molar-refractivity contribution < 1.29 is 0 Å². The van der Waals surface area contributed by atoms with Gasteiger partial charge in [-0.15, -0.1) is 15.3 Å². The lowest BCUT2D eigenvalue weighted by Crippen LogP contribution is -1.85. The molecule has 54 heavy (non-hydrogen) atoms. The zero-order valence-electron chi connectivity index (χ0n) is 36.5. The minimum Gasteiger partial charge on any atom is -0.241 e. The second-order valence-corrected chi connectivity index (χ2v) is 7.95. The lowest BCUT2D eigenvalue weighted by atomic mass is 10.2. The van der Waals surface area contributed by atoms with Crippen LogP contribution in [0.15, 0.2) is 98.9 Å². The Balaban J connectivity index is -0.000000121. The fourth-order valence-electron chi connectivity index (χ4n) is 2.11. The van der Waals surface area contributed by atoms with E-state index in [2.05, 4.69) is 89.7 Å². The van der Waals surface area contributed by atoms with Crippen LogP contribution in [-0.2, 0) is 0 Å². The molecule has 0 amide bonds.